The van der Waals surface area contributed by atoms with Gasteiger partial charge in [-0.05, 0) is 30.7 Å². The SMILES string of the molecule is Cc1cccc(OCC(=O)Nc2cc(-n3cccn3)ncn2)c1. The van der Waals surface area contributed by atoms with Crippen LogP contribution in [0.4, 0.5) is 5.82 Å². The lowest BCUT2D eigenvalue weighted by molar-refractivity contribution is -0.118. The van der Waals surface area contributed by atoms with Crippen molar-refractivity contribution in [3.63, 3.8) is 0 Å². The van der Waals surface area contributed by atoms with Gasteiger partial charge in [-0.25, -0.2) is 14.6 Å². The first kappa shape index (κ1) is 14.7. The number of hydrogen-bond donors (Lipinski definition) is 1. The fraction of sp³-hybridized carbons (Fsp3) is 0.125. The van der Waals surface area contributed by atoms with Crippen molar-refractivity contribution in [1.82, 2.24) is 19.7 Å². The number of benzene rings is 1. The summed E-state index contributed by atoms with van der Waals surface area (Å²) in [5, 5.41) is 6.75. The van der Waals surface area contributed by atoms with E-state index >= 15 is 0 Å². The molecule has 1 aromatic carbocycles. The second kappa shape index (κ2) is 6.69. The van der Waals surface area contributed by atoms with Gasteiger partial charge in [-0.2, -0.15) is 5.10 Å². The third-order valence-electron chi connectivity index (χ3n) is 3.02. The van der Waals surface area contributed by atoms with Crippen LogP contribution >= 0.6 is 0 Å². The molecule has 0 radical (unpaired) electrons. The fourth-order valence-corrected chi connectivity index (χ4v) is 1.98. The van der Waals surface area contributed by atoms with Gasteiger partial charge < -0.3 is 10.1 Å². The zero-order valence-corrected chi connectivity index (χ0v) is 12.5. The van der Waals surface area contributed by atoms with Crippen LogP contribution in [0.2, 0.25) is 0 Å². The standard InChI is InChI=1S/C16H15N5O2/c1-12-4-2-5-13(8-12)23-10-16(22)20-14-9-15(18-11-17-14)21-7-3-6-19-21/h2-9,11H,10H2,1H3,(H,17,18,20,22). The Morgan fingerprint density at radius 2 is 2.17 bits per heavy atom. The Bertz CT molecular complexity index is 802. The normalized spacial score (nSPS) is 10.3. The number of nitrogens with zero attached hydrogens (tertiary/aromatic N) is 4. The number of aromatic nitrogens is 4. The Balaban J connectivity index is 1.61. The molecule has 0 spiro atoms. The van der Waals surface area contributed by atoms with E-state index in [1.165, 1.54) is 6.33 Å². The maximum absolute atomic E-state index is 11.9. The molecule has 7 heteroatoms. The molecule has 0 unspecified atom stereocenters. The molecule has 116 valence electrons. The summed E-state index contributed by atoms with van der Waals surface area (Å²) in [5.41, 5.74) is 1.07. The van der Waals surface area contributed by atoms with Crippen LogP contribution in [0.5, 0.6) is 5.75 Å². The third kappa shape index (κ3) is 3.91. The highest BCUT2D eigenvalue weighted by Gasteiger charge is 2.07. The number of aryl methyl sites for hydroxylation is 1. The first-order valence-corrected chi connectivity index (χ1v) is 7.02. The van der Waals surface area contributed by atoms with Gasteiger partial charge in [-0.15, -0.1) is 0 Å². The van der Waals surface area contributed by atoms with Crippen molar-refractivity contribution in [2.75, 3.05) is 11.9 Å². The summed E-state index contributed by atoms with van der Waals surface area (Å²) in [6.45, 7) is 1.87. The van der Waals surface area contributed by atoms with Crippen molar-refractivity contribution < 1.29 is 9.53 Å². The lowest BCUT2D eigenvalue weighted by Crippen LogP contribution is -2.21. The van der Waals surface area contributed by atoms with Gasteiger partial charge in [-0.1, -0.05) is 12.1 Å². The summed E-state index contributed by atoms with van der Waals surface area (Å²) in [4.78, 5) is 20.1. The number of carbonyl (C=O) groups excluding carboxylic acids is 1. The molecule has 1 N–H and O–H groups in total. The average molecular weight is 309 g/mol. The van der Waals surface area contributed by atoms with Crippen LogP contribution in [0.3, 0.4) is 0 Å². The van der Waals surface area contributed by atoms with Crippen LogP contribution < -0.4 is 10.1 Å². The minimum absolute atomic E-state index is 0.0927. The van der Waals surface area contributed by atoms with Crippen molar-refractivity contribution in [3.8, 4) is 11.6 Å². The molecule has 0 bridgehead atoms. The van der Waals surface area contributed by atoms with E-state index in [0.29, 0.717) is 17.4 Å². The number of carbonyl (C=O) groups is 1. The van der Waals surface area contributed by atoms with Gasteiger partial charge in [0.15, 0.2) is 12.4 Å². The van der Waals surface area contributed by atoms with Crippen LogP contribution in [-0.2, 0) is 4.79 Å². The summed E-state index contributed by atoms with van der Waals surface area (Å²) < 4.78 is 7.03. The summed E-state index contributed by atoms with van der Waals surface area (Å²) in [6.07, 6.45) is 4.78. The highest BCUT2D eigenvalue weighted by molar-refractivity contribution is 5.91. The zero-order valence-electron chi connectivity index (χ0n) is 12.5. The molecule has 0 saturated heterocycles. The quantitative estimate of drug-likeness (QED) is 0.779. The van der Waals surface area contributed by atoms with Crippen molar-refractivity contribution in [3.05, 3.63) is 60.7 Å². The minimum Gasteiger partial charge on any atom is -0.484 e. The number of anilines is 1. The molecule has 0 aliphatic rings. The first-order chi connectivity index (χ1) is 11.2. The first-order valence-electron chi connectivity index (χ1n) is 7.02. The molecule has 23 heavy (non-hydrogen) atoms. The van der Waals surface area contributed by atoms with Gasteiger partial charge in [0.05, 0.1) is 0 Å². The Hall–Kier alpha value is -3.22. The predicted molar refractivity (Wildman–Crippen MR) is 84.5 cm³/mol. The summed E-state index contributed by atoms with van der Waals surface area (Å²) in [6, 6.07) is 10.9. The van der Waals surface area contributed by atoms with E-state index in [1.807, 2.05) is 25.1 Å². The van der Waals surface area contributed by atoms with Gasteiger partial charge in [-0.3, -0.25) is 4.79 Å². The van der Waals surface area contributed by atoms with Crippen LogP contribution in [0.25, 0.3) is 5.82 Å². The Morgan fingerprint density at radius 1 is 1.26 bits per heavy atom. The molecule has 0 atom stereocenters. The van der Waals surface area contributed by atoms with E-state index in [4.69, 9.17) is 4.74 Å². The van der Waals surface area contributed by atoms with E-state index in [-0.39, 0.29) is 12.5 Å². The van der Waals surface area contributed by atoms with Crippen LogP contribution in [0.15, 0.2) is 55.1 Å². The Labute approximate surface area is 133 Å². The van der Waals surface area contributed by atoms with Gasteiger partial charge in [0.25, 0.3) is 5.91 Å². The lowest BCUT2D eigenvalue weighted by Gasteiger charge is -2.08. The summed E-state index contributed by atoms with van der Waals surface area (Å²) in [7, 11) is 0. The van der Waals surface area contributed by atoms with Crippen molar-refractivity contribution in [1.29, 1.82) is 0 Å². The van der Waals surface area contributed by atoms with E-state index in [0.717, 1.165) is 5.56 Å². The number of ether oxygens (including phenoxy) is 1. The van der Waals surface area contributed by atoms with Crippen molar-refractivity contribution >= 4 is 11.7 Å². The molecule has 0 aliphatic carbocycles. The number of hydrogen-bond acceptors (Lipinski definition) is 5. The van der Waals surface area contributed by atoms with E-state index in [2.05, 4.69) is 20.4 Å². The molecule has 0 fully saturated rings. The van der Waals surface area contributed by atoms with E-state index < -0.39 is 0 Å². The van der Waals surface area contributed by atoms with Gasteiger partial charge in [0, 0.05) is 18.5 Å². The van der Waals surface area contributed by atoms with Crippen molar-refractivity contribution in [2.45, 2.75) is 6.92 Å². The van der Waals surface area contributed by atoms with Gasteiger partial charge in [0.1, 0.15) is 17.9 Å². The zero-order chi connectivity index (χ0) is 16.1. The number of rotatable bonds is 5. The smallest absolute Gasteiger partial charge is 0.263 e. The van der Waals surface area contributed by atoms with Gasteiger partial charge in [0.2, 0.25) is 0 Å². The maximum Gasteiger partial charge on any atom is 0.263 e. The highest BCUT2D eigenvalue weighted by atomic mass is 16.5. The van der Waals surface area contributed by atoms with E-state index in [9.17, 15) is 4.79 Å². The van der Waals surface area contributed by atoms with Crippen molar-refractivity contribution in [2.24, 2.45) is 0 Å². The molecule has 2 heterocycles. The summed E-state index contributed by atoms with van der Waals surface area (Å²) >= 11 is 0. The highest BCUT2D eigenvalue weighted by Crippen LogP contribution is 2.12. The average Bonchev–Trinajstić information content (AvgIpc) is 3.08. The van der Waals surface area contributed by atoms with Crippen LogP contribution in [-0.4, -0.2) is 32.3 Å². The molecular weight excluding hydrogens is 294 g/mol. The molecule has 3 rings (SSSR count). The third-order valence-corrected chi connectivity index (χ3v) is 3.02. The molecule has 1 amide bonds. The number of amides is 1. The summed E-state index contributed by atoms with van der Waals surface area (Å²) in [5.74, 6) is 1.32. The van der Waals surface area contributed by atoms with E-state index in [1.54, 1.807) is 35.3 Å². The van der Waals surface area contributed by atoms with Crippen LogP contribution in [0.1, 0.15) is 5.56 Å². The largest absolute Gasteiger partial charge is 0.484 e. The van der Waals surface area contributed by atoms with Crippen LogP contribution in [0, 0.1) is 6.92 Å². The van der Waals surface area contributed by atoms with Gasteiger partial charge >= 0.3 is 0 Å². The number of nitrogens with one attached hydrogen (secondary N) is 1. The topological polar surface area (TPSA) is 81.9 Å². The maximum atomic E-state index is 11.9. The lowest BCUT2D eigenvalue weighted by atomic mass is 10.2. The molecule has 0 saturated carbocycles. The predicted octanol–water partition coefficient (Wildman–Crippen LogP) is 1.99. The molecule has 2 aromatic heterocycles. The second-order valence-electron chi connectivity index (χ2n) is 4.87. The molecule has 0 aliphatic heterocycles. The second-order valence-corrected chi connectivity index (χ2v) is 4.87. The Morgan fingerprint density at radius 3 is 2.96 bits per heavy atom. The molecule has 7 nitrogen and oxygen atoms in total. The fourth-order valence-electron chi connectivity index (χ4n) is 1.98. The molecule has 3 aromatic rings. The Kier molecular flexibility index (Phi) is 4.28. The minimum atomic E-state index is -0.295. The molecular formula is C16H15N5O2. The monoisotopic (exact) mass is 309 g/mol.